The van der Waals surface area contributed by atoms with E-state index in [-0.39, 0.29) is 11.0 Å². The zero-order valence-electron chi connectivity index (χ0n) is 15.7. The molecule has 0 aromatic carbocycles. The molecule has 128 valence electrons. The molecule has 2 aliphatic heterocycles. The summed E-state index contributed by atoms with van der Waals surface area (Å²) in [4.78, 5) is 2.72. The first-order valence-electron chi connectivity index (χ1n) is 9.24. The van der Waals surface area contributed by atoms with Crippen molar-refractivity contribution < 1.29 is 0 Å². The van der Waals surface area contributed by atoms with Crippen molar-refractivity contribution in [2.45, 2.75) is 78.9 Å². The molecule has 0 aromatic heterocycles. The van der Waals surface area contributed by atoms with E-state index in [0.717, 1.165) is 19.5 Å². The highest BCUT2D eigenvalue weighted by Crippen LogP contribution is 2.43. The van der Waals surface area contributed by atoms with Gasteiger partial charge in [-0.15, -0.1) is 0 Å². The molecule has 0 amide bonds. The minimum atomic E-state index is 0.123. The molecule has 0 atom stereocenters. The van der Waals surface area contributed by atoms with Crippen LogP contribution in [0.15, 0.2) is 11.1 Å². The molecule has 2 rings (SSSR count). The van der Waals surface area contributed by atoms with Crippen molar-refractivity contribution in [1.29, 1.82) is 0 Å². The van der Waals surface area contributed by atoms with Crippen molar-refractivity contribution in [3.05, 3.63) is 11.1 Å². The first-order valence-corrected chi connectivity index (χ1v) is 9.24. The lowest BCUT2D eigenvalue weighted by atomic mass is 9.69. The lowest BCUT2D eigenvalue weighted by Gasteiger charge is -2.50. The first-order chi connectivity index (χ1) is 10.3. The molecule has 0 bridgehead atoms. The molecule has 0 aliphatic carbocycles. The van der Waals surface area contributed by atoms with E-state index in [1.54, 1.807) is 11.1 Å². The molecular weight excluding hydrogens is 270 g/mol. The molecule has 3 heteroatoms. The molecule has 2 saturated heterocycles. The fraction of sp³-hybridized carbons (Fsp3) is 0.895. The molecule has 0 unspecified atom stereocenters. The summed E-state index contributed by atoms with van der Waals surface area (Å²) in [5.41, 5.74) is 3.46. The van der Waals surface area contributed by atoms with E-state index in [0.29, 0.717) is 6.17 Å². The van der Waals surface area contributed by atoms with Crippen molar-refractivity contribution in [1.82, 2.24) is 15.5 Å². The van der Waals surface area contributed by atoms with Gasteiger partial charge in [0.1, 0.15) is 0 Å². The van der Waals surface area contributed by atoms with Crippen molar-refractivity contribution in [2.24, 2.45) is 5.41 Å². The van der Waals surface area contributed by atoms with Crippen molar-refractivity contribution in [2.75, 3.05) is 26.2 Å². The zero-order chi connectivity index (χ0) is 16.4. The fourth-order valence-electron chi connectivity index (χ4n) is 4.81. The Morgan fingerprint density at radius 3 is 2.05 bits per heavy atom. The minimum Gasteiger partial charge on any atom is -0.300 e. The van der Waals surface area contributed by atoms with Gasteiger partial charge in [0.05, 0.1) is 6.17 Å². The predicted molar refractivity (Wildman–Crippen MR) is 96.1 cm³/mol. The normalized spacial score (nSPS) is 23.7. The van der Waals surface area contributed by atoms with Gasteiger partial charge >= 0.3 is 0 Å². The van der Waals surface area contributed by atoms with Gasteiger partial charge in [0.2, 0.25) is 0 Å². The number of nitrogens with zero attached hydrogens (tertiary/aromatic N) is 1. The number of likely N-dealkylation sites (tertiary alicyclic amines) is 1. The summed E-state index contributed by atoms with van der Waals surface area (Å²) in [6, 6.07) is 0. The molecule has 3 nitrogen and oxygen atoms in total. The van der Waals surface area contributed by atoms with E-state index in [4.69, 9.17) is 0 Å². The van der Waals surface area contributed by atoms with Crippen LogP contribution in [-0.2, 0) is 0 Å². The van der Waals surface area contributed by atoms with E-state index in [2.05, 4.69) is 57.1 Å². The van der Waals surface area contributed by atoms with E-state index in [9.17, 15) is 0 Å². The largest absolute Gasteiger partial charge is 0.300 e. The number of rotatable bonds is 5. The summed E-state index contributed by atoms with van der Waals surface area (Å²) >= 11 is 0. The Hall–Kier alpha value is -0.380. The van der Waals surface area contributed by atoms with Crippen LogP contribution in [0.1, 0.15) is 67.2 Å². The van der Waals surface area contributed by atoms with Gasteiger partial charge in [0, 0.05) is 24.0 Å². The Balaban J connectivity index is 2.37. The summed E-state index contributed by atoms with van der Waals surface area (Å²) in [7, 11) is 0. The maximum atomic E-state index is 3.67. The molecular formula is C19H37N3. The Bertz CT molecular complexity index is 397. The third-order valence-corrected chi connectivity index (χ3v) is 5.90. The highest BCUT2D eigenvalue weighted by molar-refractivity contribution is 5.32. The maximum absolute atomic E-state index is 3.67. The molecule has 22 heavy (non-hydrogen) atoms. The maximum Gasteiger partial charge on any atom is 0.0664 e. The standard InChI is InChI=1S/C19H37N3/c1-7-15(2)16(18(3,4)17-20-11-12-21-17)19(5,6)22-13-9-8-10-14-22/h17,20-21H,7-14H2,1-6H3/b16-15+. The van der Waals surface area contributed by atoms with Gasteiger partial charge in [-0.2, -0.15) is 0 Å². The summed E-state index contributed by atoms with van der Waals surface area (Å²) < 4.78 is 0. The smallest absolute Gasteiger partial charge is 0.0664 e. The minimum absolute atomic E-state index is 0.123. The highest BCUT2D eigenvalue weighted by atomic mass is 15.2. The van der Waals surface area contributed by atoms with E-state index in [1.807, 2.05) is 0 Å². The quantitative estimate of drug-likeness (QED) is 0.761. The molecule has 2 aliphatic rings. The summed E-state index contributed by atoms with van der Waals surface area (Å²) in [6.45, 7) is 19.0. The highest BCUT2D eigenvalue weighted by Gasteiger charge is 2.44. The number of hydrogen-bond acceptors (Lipinski definition) is 3. The van der Waals surface area contributed by atoms with Crippen LogP contribution < -0.4 is 10.6 Å². The average Bonchev–Trinajstić information content (AvgIpc) is 3.02. The van der Waals surface area contributed by atoms with Crippen LogP contribution >= 0.6 is 0 Å². The monoisotopic (exact) mass is 307 g/mol. The van der Waals surface area contributed by atoms with E-state index < -0.39 is 0 Å². The Labute approximate surface area is 137 Å². The Morgan fingerprint density at radius 1 is 1.00 bits per heavy atom. The van der Waals surface area contributed by atoms with Gasteiger partial charge in [-0.1, -0.05) is 32.8 Å². The average molecular weight is 308 g/mol. The van der Waals surface area contributed by atoms with Crippen LogP contribution in [0.3, 0.4) is 0 Å². The molecule has 0 radical (unpaired) electrons. The van der Waals surface area contributed by atoms with Crippen LogP contribution in [0, 0.1) is 5.41 Å². The fourth-order valence-corrected chi connectivity index (χ4v) is 4.81. The predicted octanol–water partition coefficient (Wildman–Crippen LogP) is 3.52. The number of hydrogen-bond donors (Lipinski definition) is 2. The van der Waals surface area contributed by atoms with Gasteiger partial charge in [0.25, 0.3) is 0 Å². The number of allylic oxidation sites excluding steroid dienone is 1. The first kappa shape index (κ1) is 18.0. The second-order valence-electron chi connectivity index (χ2n) is 8.18. The SMILES string of the molecule is CC/C(C)=C(\C(C)(C)C1NCCN1)C(C)(C)N1CCCCC1. The van der Waals surface area contributed by atoms with Gasteiger partial charge in [-0.3, -0.25) is 15.5 Å². The van der Waals surface area contributed by atoms with Crippen LogP contribution in [-0.4, -0.2) is 42.8 Å². The van der Waals surface area contributed by atoms with Crippen molar-refractivity contribution >= 4 is 0 Å². The molecule has 2 N–H and O–H groups in total. The van der Waals surface area contributed by atoms with Gasteiger partial charge < -0.3 is 0 Å². The Morgan fingerprint density at radius 2 is 1.55 bits per heavy atom. The van der Waals surface area contributed by atoms with Crippen LogP contribution in [0.2, 0.25) is 0 Å². The van der Waals surface area contributed by atoms with Crippen LogP contribution in [0.25, 0.3) is 0 Å². The second kappa shape index (κ2) is 7.02. The van der Waals surface area contributed by atoms with Gasteiger partial charge in [0.15, 0.2) is 0 Å². The third-order valence-electron chi connectivity index (χ3n) is 5.90. The Kier molecular flexibility index (Phi) is 5.73. The molecule has 2 fully saturated rings. The molecule has 2 heterocycles. The number of piperidine rings is 1. The van der Waals surface area contributed by atoms with Crippen LogP contribution in [0.4, 0.5) is 0 Å². The van der Waals surface area contributed by atoms with Gasteiger partial charge in [-0.05, 0) is 58.7 Å². The summed E-state index contributed by atoms with van der Waals surface area (Å²) in [5.74, 6) is 0. The van der Waals surface area contributed by atoms with Crippen molar-refractivity contribution in [3.63, 3.8) is 0 Å². The van der Waals surface area contributed by atoms with Gasteiger partial charge in [-0.25, -0.2) is 0 Å². The summed E-state index contributed by atoms with van der Waals surface area (Å²) in [5, 5.41) is 7.34. The number of nitrogens with one attached hydrogen (secondary N) is 2. The summed E-state index contributed by atoms with van der Waals surface area (Å²) in [6.07, 6.45) is 5.62. The van der Waals surface area contributed by atoms with Crippen LogP contribution in [0.5, 0.6) is 0 Å². The second-order valence-corrected chi connectivity index (χ2v) is 8.18. The van der Waals surface area contributed by atoms with E-state index in [1.165, 1.54) is 32.4 Å². The topological polar surface area (TPSA) is 27.3 Å². The zero-order valence-corrected chi connectivity index (χ0v) is 15.7. The van der Waals surface area contributed by atoms with E-state index >= 15 is 0 Å². The van der Waals surface area contributed by atoms with Crippen molar-refractivity contribution in [3.8, 4) is 0 Å². The molecule has 0 aromatic rings. The third kappa shape index (κ3) is 3.42. The molecule has 0 saturated carbocycles. The molecule has 0 spiro atoms. The lowest BCUT2D eigenvalue weighted by molar-refractivity contribution is 0.0952. The lowest BCUT2D eigenvalue weighted by Crippen LogP contribution is -2.56.